The fraction of sp³-hybridized carbons (Fsp3) is 0.267. The van der Waals surface area contributed by atoms with Crippen LogP contribution in [0.3, 0.4) is 0 Å². The number of fused-ring (bicyclic) bond motifs is 1. The highest BCUT2D eigenvalue weighted by Crippen LogP contribution is 2.27. The number of hydrogen-bond acceptors (Lipinski definition) is 1. The molecule has 1 aromatic heterocycles. The van der Waals surface area contributed by atoms with Gasteiger partial charge in [0.25, 0.3) is 5.91 Å². The second-order valence-corrected chi connectivity index (χ2v) is 4.93. The Morgan fingerprint density at radius 3 is 2.75 bits per heavy atom. The van der Waals surface area contributed by atoms with Gasteiger partial charge in [0.1, 0.15) is 0 Å². The monoisotopic (exact) mass is 276 g/mol. The number of nitrogens with zero attached hydrogens (tertiary/aromatic N) is 2. The van der Waals surface area contributed by atoms with Gasteiger partial charge in [0.2, 0.25) is 0 Å². The molecule has 0 saturated carbocycles. The van der Waals surface area contributed by atoms with E-state index >= 15 is 0 Å². The number of amides is 1. The molecule has 1 unspecified atom stereocenters. The van der Waals surface area contributed by atoms with Crippen molar-refractivity contribution in [1.82, 2.24) is 9.47 Å². The van der Waals surface area contributed by atoms with Crippen molar-refractivity contribution < 1.29 is 13.6 Å². The van der Waals surface area contributed by atoms with Crippen LogP contribution in [-0.2, 0) is 6.54 Å². The number of hydrogen-bond donors (Lipinski definition) is 0. The fourth-order valence-electron chi connectivity index (χ4n) is 2.65. The van der Waals surface area contributed by atoms with E-state index in [1.165, 1.54) is 6.07 Å². The number of halogens is 2. The average molecular weight is 276 g/mol. The summed E-state index contributed by atoms with van der Waals surface area (Å²) in [6.07, 6.45) is 1.98. The minimum absolute atomic E-state index is 0.0839. The molecule has 0 N–H and O–H groups in total. The first-order chi connectivity index (χ1) is 9.58. The Hall–Kier alpha value is -2.17. The van der Waals surface area contributed by atoms with Crippen LogP contribution in [0.2, 0.25) is 0 Å². The van der Waals surface area contributed by atoms with E-state index in [0.717, 1.165) is 17.8 Å². The highest BCUT2D eigenvalue weighted by Gasteiger charge is 2.28. The molecule has 0 radical (unpaired) electrons. The minimum Gasteiger partial charge on any atom is -0.348 e. The molecule has 2 heterocycles. The largest absolute Gasteiger partial charge is 0.348 e. The second kappa shape index (κ2) is 4.74. The van der Waals surface area contributed by atoms with E-state index in [2.05, 4.69) is 4.57 Å². The lowest BCUT2D eigenvalue weighted by Gasteiger charge is -2.35. The van der Waals surface area contributed by atoms with Gasteiger partial charge >= 0.3 is 0 Å². The predicted octanol–water partition coefficient (Wildman–Crippen LogP) is 2.98. The molecule has 0 bridgehead atoms. The van der Waals surface area contributed by atoms with Gasteiger partial charge in [-0.15, -0.1) is 0 Å². The molecule has 1 aromatic carbocycles. The molecule has 20 heavy (non-hydrogen) atoms. The quantitative estimate of drug-likeness (QED) is 0.786. The van der Waals surface area contributed by atoms with Gasteiger partial charge in [0, 0.05) is 30.5 Å². The summed E-state index contributed by atoms with van der Waals surface area (Å²) in [7, 11) is 0. The summed E-state index contributed by atoms with van der Waals surface area (Å²) in [5.74, 6) is -2.21. The molecule has 1 atom stereocenters. The van der Waals surface area contributed by atoms with Gasteiger partial charge in [-0.25, -0.2) is 8.78 Å². The molecule has 3 nitrogen and oxygen atoms in total. The second-order valence-electron chi connectivity index (χ2n) is 4.93. The zero-order valence-corrected chi connectivity index (χ0v) is 11.0. The maximum absolute atomic E-state index is 13.2. The number of aromatic nitrogens is 1. The molecule has 1 aliphatic heterocycles. The third kappa shape index (κ3) is 1.99. The predicted molar refractivity (Wildman–Crippen MR) is 70.2 cm³/mol. The van der Waals surface area contributed by atoms with Crippen LogP contribution in [0.5, 0.6) is 0 Å². The van der Waals surface area contributed by atoms with Crippen molar-refractivity contribution in [1.29, 1.82) is 0 Å². The van der Waals surface area contributed by atoms with Crippen molar-refractivity contribution >= 4 is 5.91 Å². The number of rotatable bonds is 1. The molecule has 0 saturated heterocycles. The van der Waals surface area contributed by atoms with Crippen LogP contribution in [0.15, 0.2) is 36.5 Å². The van der Waals surface area contributed by atoms with E-state index in [-0.39, 0.29) is 17.5 Å². The van der Waals surface area contributed by atoms with E-state index in [1.54, 1.807) is 4.90 Å². The van der Waals surface area contributed by atoms with Gasteiger partial charge < -0.3 is 9.47 Å². The maximum atomic E-state index is 13.2. The van der Waals surface area contributed by atoms with Gasteiger partial charge in [-0.05, 0) is 37.3 Å². The summed E-state index contributed by atoms with van der Waals surface area (Å²) >= 11 is 0. The average Bonchev–Trinajstić information content (AvgIpc) is 2.91. The Morgan fingerprint density at radius 2 is 2.00 bits per heavy atom. The SMILES string of the molecule is CC1c2cccn2CCN1C(=O)c1ccc(F)c(F)c1. The zero-order valence-electron chi connectivity index (χ0n) is 11.0. The molecule has 1 aliphatic rings. The smallest absolute Gasteiger partial charge is 0.254 e. The van der Waals surface area contributed by atoms with Crippen molar-refractivity contribution in [2.75, 3.05) is 6.54 Å². The van der Waals surface area contributed by atoms with Crippen LogP contribution in [0.25, 0.3) is 0 Å². The summed E-state index contributed by atoms with van der Waals surface area (Å²) in [5, 5.41) is 0. The highest BCUT2D eigenvalue weighted by atomic mass is 19.2. The van der Waals surface area contributed by atoms with Crippen molar-refractivity contribution in [3.8, 4) is 0 Å². The van der Waals surface area contributed by atoms with Crippen LogP contribution >= 0.6 is 0 Å². The summed E-state index contributed by atoms with van der Waals surface area (Å²) in [5.41, 5.74) is 1.22. The molecule has 5 heteroatoms. The standard InChI is InChI=1S/C15H14F2N2O/c1-10-14-3-2-6-18(14)7-8-19(10)15(20)11-4-5-12(16)13(17)9-11/h2-6,9-10H,7-8H2,1H3. The molecular weight excluding hydrogens is 262 g/mol. The minimum atomic E-state index is -0.996. The van der Waals surface area contributed by atoms with Crippen molar-refractivity contribution in [2.45, 2.75) is 19.5 Å². The number of carbonyl (C=O) groups excluding carboxylic acids is 1. The van der Waals surface area contributed by atoms with Crippen LogP contribution in [0, 0.1) is 11.6 Å². The summed E-state index contributed by atoms with van der Waals surface area (Å²) in [4.78, 5) is 14.1. The van der Waals surface area contributed by atoms with Gasteiger partial charge in [0.05, 0.1) is 6.04 Å². The Kier molecular flexibility index (Phi) is 3.04. The van der Waals surface area contributed by atoms with Crippen LogP contribution in [0.1, 0.15) is 29.0 Å². The molecule has 3 rings (SSSR count). The molecule has 2 aromatic rings. The van der Waals surface area contributed by atoms with Gasteiger partial charge in [-0.3, -0.25) is 4.79 Å². The van der Waals surface area contributed by atoms with E-state index in [0.29, 0.717) is 13.1 Å². The van der Waals surface area contributed by atoms with E-state index in [9.17, 15) is 13.6 Å². The topological polar surface area (TPSA) is 25.2 Å². The molecular formula is C15H14F2N2O. The Balaban J connectivity index is 1.90. The molecule has 0 fully saturated rings. The fourth-order valence-corrected chi connectivity index (χ4v) is 2.65. The van der Waals surface area contributed by atoms with E-state index < -0.39 is 11.6 Å². The van der Waals surface area contributed by atoms with Crippen molar-refractivity contribution in [3.63, 3.8) is 0 Å². The maximum Gasteiger partial charge on any atom is 0.254 e. The Labute approximate surface area is 115 Å². The van der Waals surface area contributed by atoms with Gasteiger partial charge in [-0.1, -0.05) is 0 Å². The van der Waals surface area contributed by atoms with E-state index in [4.69, 9.17) is 0 Å². The van der Waals surface area contributed by atoms with E-state index in [1.807, 2.05) is 25.3 Å². The number of carbonyl (C=O) groups is 1. The summed E-state index contributed by atoms with van der Waals surface area (Å²) in [6.45, 7) is 3.20. The van der Waals surface area contributed by atoms with Crippen molar-refractivity contribution in [3.05, 3.63) is 59.4 Å². The molecule has 104 valence electrons. The number of benzene rings is 1. The van der Waals surface area contributed by atoms with Crippen LogP contribution < -0.4 is 0 Å². The Morgan fingerprint density at radius 1 is 1.20 bits per heavy atom. The van der Waals surface area contributed by atoms with Crippen LogP contribution in [0.4, 0.5) is 8.78 Å². The van der Waals surface area contributed by atoms with Gasteiger partial charge in [-0.2, -0.15) is 0 Å². The Bertz CT molecular complexity index is 666. The van der Waals surface area contributed by atoms with Gasteiger partial charge in [0.15, 0.2) is 11.6 Å². The normalized spacial score (nSPS) is 17.9. The molecule has 1 amide bonds. The zero-order chi connectivity index (χ0) is 14.3. The molecule has 0 spiro atoms. The first-order valence-electron chi connectivity index (χ1n) is 6.49. The highest BCUT2D eigenvalue weighted by molar-refractivity contribution is 5.94. The summed E-state index contributed by atoms with van der Waals surface area (Å²) in [6, 6.07) is 7.09. The lowest BCUT2D eigenvalue weighted by molar-refractivity contribution is 0.0643. The third-order valence-electron chi connectivity index (χ3n) is 3.77. The first kappa shape index (κ1) is 12.8. The first-order valence-corrected chi connectivity index (χ1v) is 6.49. The lowest BCUT2D eigenvalue weighted by atomic mass is 10.1. The van der Waals surface area contributed by atoms with Crippen molar-refractivity contribution in [2.24, 2.45) is 0 Å². The molecule has 0 aliphatic carbocycles. The lowest BCUT2D eigenvalue weighted by Crippen LogP contribution is -2.40. The van der Waals surface area contributed by atoms with Crippen LogP contribution in [-0.4, -0.2) is 21.9 Å². The summed E-state index contributed by atoms with van der Waals surface area (Å²) < 4.78 is 28.3. The third-order valence-corrected chi connectivity index (χ3v) is 3.77.